The van der Waals surface area contributed by atoms with Crippen LogP contribution in [-0.2, 0) is 9.59 Å². The maximum atomic E-state index is 11.9. The molecule has 0 saturated carbocycles. The van der Waals surface area contributed by atoms with Crippen LogP contribution in [0.5, 0.6) is 5.75 Å². The number of rotatable bonds is 5. The van der Waals surface area contributed by atoms with Crippen LogP contribution in [-0.4, -0.2) is 24.6 Å². The van der Waals surface area contributed by atoms with Crippen molar-refractivity contribution in [3.8, 4) is 5.75 Å². The maximum absolute atomic E-state index is 11.9. The Balaban J connectivity index is 1.98. The van der Waals surface area contributed by atoms with Gasteiger partial charge in [0.05, 0.1) is 12.8 Å². The van der Waals surface area contributed by atoms with Crippen molar-refractivity contribution in [2.45, 2.75) is 13.8 Å². The summed E-state index contributed by atoms with van der Waals surface area (Å²) in [5.41, 5.74) is 4.14. The molecule has 2 rings (SSSR count). The minimum atomic E-state index is -0.885. The number of carbonyl (C=O) groups excluding carboxylic acids is 2. The molecule has 0 bridgehead atoms. The van der Waals surface area contributed by atoms with Crippen LogP contribution in [0.3, 0.4) is 0 Å². The van der Waals surface area contributed by atoms with Gasteiger partial charge in [0, 0.05) is 16.3 Å². The van der Waals surface area contributed by atoms with Crippen molar-refractivity contribution in [2.75, 3.05) is 11.9 Å². The van der Waals surface area contributed by atoms with E-state index in [1.165, 1.54) is 6.21 Å². The number of hydrogen-bond donors (Lipinski definition) is 2. The zero-order chi connectivity index (χ0) is 18.2. The van der Waals surface area contributed by atoms with Gasteiger partial charge in [-0.1, -0.05) is 29.8 Å². The molecule has 0 aromatic heterocycles. The first kappa shape index (κ1) is 18.5. The van der Waals surface area contributed by atoms with Crippen molar-refractivity contribution in [3.05, 3.63) is 58.6 Å². The van der Waals surface area contributed by atoms with E-state index in [0.717, 1.165) is 5.56 Å². The SMILES string of the molecule is CCOc1ccccc1/C=N\NC(=O)C(=O)Nc1cc(Cl)ccc1C. The van der Waals surface area contributed by atoms with Crippen LogP contribution in [0.15, 0.2) is 47.6 Å². The first-order valence-electron chi connectivity index (χ1n) is 7.63. The molecule has 130 valence electrons. The summed E-state index contributed by atoms with van der Waals surface area (Å²) in [5.74, 6) is -1.08. The highest BCUT2D eigenvalue weighted by Gasteiger charge is 2.14. The van der Waals surface area contributed by atoms with E-state index in [1.807, 2.05) is 19.1 Å². The monoisotopic (exact) mass is 359 g/mol. The molecule has 0 aliphatic carbocycles. The number of benzene rings is 2. The molecule has 0 fully saturated rings. The lowest BCUT2D eigenvalue weighted by Crippen LogP contribution is -2.32. The van der Waals surface area contributed by atoms with Crippen molar-refractivity contribution in [1.29, 1.82) is 0 Å². The van der Waals surface area contributed by atoms with E-state index in [2.05, 4.69) is 15.8 Å². The Hall–Kier alpha value is -2.86. The zero-order valence-corrected chi connectivity index (χ0v) is 14.6. The Kier molecular flexibility index (Phi) is 6.54. The molecule has 0 unspecified atom stereocenters. The summed E-state index contributed by atoms with van der Waals surface area (Å²) in [6.07, 6.45) is 1.42. The Morgan fingerprint density at radius 3 is 2.72 bits per heavy atom. The Bertz CT molecular complexity index is 806. The highest BCUT2D eigenvalue weighted by molar-refractivity contribution is 6.40. The average Bonchev–Trinajstić information content (AvgIpc) is 2.59. The van der Waals surface area contributed by atoms with Gasteiger partial charge >= 0.3 is 11.8 Å². The second-order valence-corrected chi connectivity index (χ2v) is 5.52. The van der Waals surface area contributed by atoms with E-state index in [0.29, 0.717) is 28.6 Å². The van der Waals surface area contributed by atoms with E-state index >= 15 is 0 Å². The zero-order valence-electron chi connectivity index (χ0n) is 13.9. The molecule has 0 saturated heterocycles. The number of anilines is 1. The fourth-order valence-electron chi connectivity index (χ4n) is 1.99. The number of halogens is 1. The van der Waals surface area contributed by atoms with Gasteiger partial charge in [0.15, 0.2) is 0 Å². The number of nitrogens with zero attached hydrogens (tertiary/aromatic N) is 1. The van der Waals surface area contributed by atoms with Gasteiger partial charge in [-0.25, -0.2) is 5.43 Å². The van der Waals surface area contributed by atoms with Crippen molar-refractivity contribution >= 4 is 35.3 Å². The highest BCUT2D eigenvalue weighted by Crippen LogP contribution is 2.20. The molecule has 2 N–H and O–H groups in total. The number of hydrogen-bond acceptors (Lipinski definition) is 4. The summed E-state index contributed by atoms with van der Waals surface area (Å²) in [7, 11) is 0. The van der Waals surface area contributed by atoms with Crippen molar-refractivity contribution < 1.29 is 14.3 Å². The quantitative estimate of drug-likeness (QED) is 0.489. The molecule has 0 aliphatic heterocycles. The number of para-hydroxylation sites is 1. The van der Waals surface area contributed by atoms with E-state index in [1.54, 1.807) is 37.3 Å². The molecule has 7 heteroatoms. The lowest BCUT2D eigenvalue weighted by molar-refractivity contribution is -0.136. The Morgan fingerprint density at radius 1 is 1.20 bits per heavy atom. The average molecular weight is 360 g/mol. The van der Waals surface area contributed by atoms with Crippen molar-refractivity contribution in [2.24, 2.45) is 5.10 Å². The molecule has 6 nitrogen and oxygen atoms in total. The first-order chi connectivity index (χ1) is 12.0. The minimum absolute atomic E-state index is 0.465. The van der Waals surface area contributed by atoms with Crippen LogP contribution < -0.4 is 15.5 Å². The van der Waals surface area contributed by atoms with Crippen LogP contribution in [0.2, 0.25) is 5.02 Å². The summed E-state index contributed by atoms with van der Waals surface area (Å²) >= 11 is 5.88. The number of amides is 2. The largest absolute Gasteiger partial charge is 0.493 e. The van der Waals surface area contributed by atoms with E-state index < -0.39 is 11.8 Å². The van der Waals surface area contributed by atoms with Crippen LogP contribution in [0.25, 0.3) is 0 Å². The summed E-state index contributed by atoms with van der Waals surface area (Å²) in [6, 6.07) is 12.3. The first-order valence-corrected chi connectivity index (χ1v) is 8.01. The normalized spacial score (nSPS) is 10.5. The van der Waals surface area contributed by atoms with Gasteiger partial charge in [-0.15, -0.1) is 0 Å². The molecule has 0 spiro atoms. The summed E-state index contributed by atoms with van der Waals surface area (Å²) in [5, 5.41) is 6.76. The smallest absolute Gasteiger partial charge is 0.329 e. The molecule has 2 amide bonds. The van der Waals surface area contributed by atoms with Crippen molar-refractivity contribution in [3.63, 3.8) is 0 Å². The van der Waals surface area contributed by atoms with Crippen LogP contribution in [0.1, 0.15) is 18.1 Å². The predicted molar refractivity (Wildman–Crippen MR) is 98.2 cm³/mol. The number of aryl methyl sites for hydroxylation is 1. The van der Waals surface area contributed by atoms with Crippen LogP contribution >= 0.6 is 11.6 Å². The van der Waals surface area contributed by atoms with Gasteiger partial charge in [0.2, 0.25) is 0 Å². The standard InChI is InChI=1S/C18H18ClN3O3/c1-3-25-16-7-5-4-6-13(16)11-20-22-18(24)17(23)21-15-10-14(19)9-8-12(15)2/h4-11H,3H2,1-2H3,(H,21,23)(H,22,24)/b20-11-. The molecule has 2 aromatic rings. The predicted octanol–water partition coefficient (Wildman–Crippen LogP) is 3.14. The van der Waals surface area contributed by atoms with E-state index in [-0.39, 0.29) is 0 Å². The molecule has 0 radical (unpaired) electrons. The molecule has 0 atom stereocenters. The number of ether oxygens (including phenoxy) is 1. The summed E-state index contributed by atoms with van der Waals surface area (Å²) < 4.78 is 5.45. The highest BCUT2D eigenvalue weighted by atomic mass is 35.5. The number of hydrazone groups is 1. The topological polar surface area (TPSA) is 79.8 Å². The number of carbonyl (C=O) groups is 2. The molecular formula is C18H18ClN3O3. The van der Waals surface area contributed by atoms with Gasteiger partial charge in [-0.2, -0.15) is 5.10 Å². The van der Waals surface area contributed by atoms with Gasteiger partial charge in [-0.05, 0) is 43.7 Å². The molecular weight excluding hydrogens is 342 g/mol. The lowest BCUT2D eigenvalue weighted by atomic mass is 10.2. The van der Waals surface area contributed by atoms with Gasteiger partial charge in [0.1, 0.15) is 5.75 Å². The van der Waals surface area contributed by atoms with E-state index in [9.17, 15) is 9.59 Å². The Morgan fingerprint density at radius 2 is 1.96 bits per heavy atom. The van der Waals surface area contributed by atoms with Gasteiger partial charge in [-0.3, -0.25) is 9.59 Å². The third-order valence-corrected chi connectivity index (χ3v) is 3.48. The second kappa shape index (κ2) is 8.84. The maximum Gasteiger partial charge on any atom is 0.329 e. The molecule has 0 heterocycles. The lowest BCUT2D eigenvalue weighted by Gasteiger charge is -2.08. The van der Waals surface area contributed by atoms with Gasteiger partial charge < -0.3 is 10.1 Å². The summed E-state index contributed by atoms with van der Waals surface area (Å²) in [4.78, 5) is 23.8. The van der Waals surface area contributed by atoms with Gasteiger partial charge in [0.25, 0.3) is 0 Å². The molecule has 25 heavy (non-hydrogen) atoms. The fourth-order valence-corrected chi connectivity index (χ4v) is 2.17. The second-order valence-electron chi connectivity index (χ2n) is 5.08. The van der Waals surface area contributed by atoms with E-state index in [4.69, 9.17) is 16.3 Å². The number of nitrogens with one attached hydrogen (secondary N) is 2. The minimum Gasteiger partial charge on any atom is -0.493 e. The summed E-state index contributed by atoms with van der Waals surface area (Å²) in [6.45, 7) is 4.18. The Labute approximate surface area is 150 Å². The fraction of sp³-hybridized carbons (Fsp3) is 0.167. The van der Waals surface area contributed by atoms with Crippen LogP contribution in [0, 0.1) is 6.92 Å². The van der Waals surface area contributed by atoms with Crippen molar-refractivity contribution in [1.82, 2.24) is 5.43 Å². The third-order valence-electron chi connectivity index (χ3n) is 3.24. The van der Waals surface area contributed by atoms with Crippen LogP contribution in [0.4, 0.5) is 5.69 Å². The molecule has 0 aliphatic rings. The molecule has 2 aromatic carbocycles. The third kappa shape index (κ3) is 5.32.